The van der Waals surface area contributed by atoms with Crippen molar-refractivity contribution in [3.63, 3.8) is 0 Å². The van der Waals surface area contributed by atoms with Crippen LogP contribution in [-0.4, -0.2) is 34.6 Å². The number of fused-ring (bicyclic) bond motifs is 1. The normalized spacial score (nSPS) is 13.5. The smallest absolute Gasteiger partial charge is 0.303 e. The molecule has 0 unspecified atom stereocenters. The number of nitrogens with one attached hydrogen (secondary N) is 1. The number of carboxylic acid groups (broad SMARTS) is 1. The van der Waals surface area contributed by atoms with E-state index in [1.165, 1.54) is 0 Å². The second kappa shape index (κ2) is 9.29. The molecule has 6 heteroatoms. The van der Waals surface area contributed by atoms with Crippen molar-refractivity contribution in [3.05, 3.63) is 42.1 Å². The topological polar surface area (TPSA) is 105 Å². The lowest BCUT2D eigenvalue weighted by Crippen LogP contribution is -2.44. The number of pyridine rings is 1. The molecule has 1 aromatic carbocycles. The zero-order valence-corrected chi connectivity index (χ0v) is 15.3. The van der Waals surface area contributed by atoms with Gasteiger partial charge in [-0.1, -0.05) is 38.1 Å². The molecule has 140 valence electrons. The summed E-state index contributed by atoms with van der Waals surface area (Å²) in [6, 6.07) is 10.9. The summed E-state index contributed by atoms with van der Waals surface area (Å²) >= 11 is 0. The maximum Gasteiger partial charge on any atom is 0.303 e. The van der Waals surface area contributed by atoms with E-state index in [0.29, 0.717) is 18.9 Å². The van der Waals surface area contributed by atoms with Gasteiger partial charge >= 0.3 is 5.97 Å². The van der Waals surface area contributed by atoms with Gasteiger partial charge in [-0.3, -0.25) is 14.6 Å². The fraction of sp³-hybridized carbons (Fsp3) is 0.450. The number of nitrogens with two attached hydrogens (primary N) is 1. The van der Waals surface area contributed by atoms with Crippen LogP contribution in [-0.2, 0) is 16.0 Å². The number of aromatic nitrogens is 1. The van der Waals surface area contributed by atoms with Gasteiger partial charge in [0, 0.05) is 30.5 Å². The average Bonchev–Trinajstić information content (AvgIpc) is 2.58. The number of carbonyl (C=O) groups excluding carboxylic acids is 1. The maximum absolute atomic E-state index is 12.3. The van der Waals surface area contributed by atoms with Crippen LogP contribution in [0.2, 0.25) is 0 Å². The lowest BCUT2D eigenvalue weighted by atomic mass is 9.94. The Morgan fingerprint density at radius 3 is 2.62 bits per heavy atom. The van der Waals surface area contributed by atoms with Crippen LogP contribution in [0.4, 0.5) is 0 Å². The van der Waals surface area contributed by atoms with Crippen LogP contribution in [0.1, 0.15) is 32.4 Å². The number of carbonyl (C=O) groups is 2. The zero-order valence-electron chi connectivity index (χ0n) is 15.3. The van der Waals surface area contributed by atoms with E-state index in [9.17, 15) is 9.59 Å². The van der Waals surface area contributed by atoms with Crippen molar-refractivity contribution in [2.45, 2.75) is 39.2 Å². The first-order valence-electron chi connectivity index (χ1n) is 8.95. The van der Waals surface area contributed by atoms with Gasteiger partial charge in [-0.2, -0.15) is 0 Å². The molecule has 0 saturated carbocycles. The molecule has 0 saturated heterocycles. The van der Waals surface area contributed by atoms with E-state index in [2.05, 4.69) is 10.3 Å². The minimum atomic E-state index is -0.852. The summed E-state index contributed by atoms with van der Waals surface area (Å²) in [5.41, 5.74) is 7.64. The molecule has 0 fully saturated rings. The SMILES string of the molecule is CC(C)C[C@@H](CNC(=O)[C@H](N)Cc1ccc2ccccc2n1)CC(=O)O. The Hall–Kier alpha value is -2.47. The predicted molar refractivity (Wildman–Crippen MR) is 102 cm³/mol. The molecule has 0 spiro atoms. The van der Waals surface area contributed by atoms with Gasteiger partial charge in [0.05, 0.1) is 11.6 Å². The van der Waals surface area contributed by atoms with E-state index in [1.807, 2.05) is 50.2 Å². The van der Waals surface area contributed by atoms with Gasteiger partial charge in [-0.15, -0.1) is 0 Å². The van der Waals surface area contributed by atoms with E-state index in [0.717, 1.165) is 23.0 Å². The average molecular weight is 357 g/mol. The minimum Gasteiger partial charge on any atom is -0.481 e. The third-order valence-corrected chi connectivity index (χ3v) is 4.25. The minimum absolute atomic E-state index is 0.0416. The summed E-state index contributed by atoms with van der Waals surface area (Å²) in [5, 5.41) is 12.8. The molecule has 26 heavy (non-hydrogen) atoms. The molecule has 0 bridgehead atoms. The Morgan fingerprint density at radius 2 is 1.92 bits per heavy atom. The highest BCUT2D eigenvalue weighted by Crippen LogP contribution is 2.15. The number of benzene rings is 1. The van der Waals surface area contributed by atoms with Crippen molar-refractivity contribution < 1.29 is 14.7 Å². The largest absolute Gasteiger partial charge is 0.481 e. The van der Waals surface area contributed by atoms with Crippen molar-refractivity contribution in [1.82, 2.24) is 10.3 Å². The summed E-state index contributed by atoms with van der Waals surface area (Å²) in [4.78, 5) is 27.8. The highest BCUT2D eigenvalue weighted by Gasteiger charge is 2.19. The highest BCUT2D eigenvalue weighted by molar-refractivity contribution is 5.82. The summed E-state index contributed by atoms with van der Waals surface area (Å²) in [6.45, 7) is 4.39. The van der Waals surface area contributed by atoms with Crippen molar-refractivity contribution >= 4 is 22.8 Å². The third-order valence-electron chi connectivity index (χ3n) is 4.25. The first-order chi connectivity index (χ1) is 12.3. The van der Waals surface area contributed by atoms with Gasteiger partial charge < -0.3 is 16.2 Å². The molecule has 4 N–H and O–H groups in total. The Morgan fingerprint density at radius 1 is 1.19 bits per heavy atom. The molecule has 1 heterocycles. The van der Waals surface area contributed by atoms with Gasteiger partial charge in [0.25, 0.3) is 0 Å². The van der Waals surface area contributed by atoms with Gasteiger partial charge in [0.15, 0.2) is 0 Å². The molecule has 1 amide bonds. The molecule has 6 nitrogen and oxygen atoms in total. The fourth-order valence-electron chi connectivity index (χ4n) is 3.07. The van der Waals surface area contributed by atoms with Crippen LogP contribution in [0, 0.1) is 11.8 Å². The number of rotatable bonds is 9. The number of para-hydroxylation sites is 1. The molecule has 2 aromatic rings. The van der Waals surface area contributed by atoms with Gasteiger partial charge in [0.2, 0.25) is 5.91 Å². The molecule has 1 aromatic heterocycles. The quantitative estimate of drug-likeness (QED) is 0.639. The second-order valence-electron chi connectivity index (χ2n) is 7.14. The Labute approximate surface area is 153 Å². The van der Waals surface area contributed by atoms with Crippen LogP contribution < -0.4 is 11.1 Å². The standard InChI is InChI=1S/C20H27N3O3/c1-13(2)9-14(10-19(24)25)12-22-20(26)17(21)11-16-8-7-15-5-3-4-6-18(15)23-16/h3-8,13-14,17H,9-12,21H2,1-2H3,(H,22,26)(H,24,25)/t14-,17-/m1/s1. The fourth-order valence-corrected chi connectivity index (χ4v) is 3.07. The third kappa shape index (κ3) is 6.11. The van der Waals surface area contributed by atoms with E-state index in [-0.39, 0.29) is 18.2 Å². The van der Waals surface area contributed by atoms with E-state index in [1.54, 1.807) is 0 Å². The molecule has 2 rings (SSSR count). The van der Waals surface area contributed by atoms with Gasteiger partial charge in [0.1, 0.15) is 0 Å². The van der Waals surface area contributed by atoms with Crippen LogP contribution >= 0.6 is 0 Å². The van der Waals surface area contributed by atoms with Crippen LogP contribution in [0.25, 0.3) is 10.9 Å². The number of nitrogens with zero attached hydrogens (tertiary/aromatic N) is 1. The highest BCUT2D eigenvalue weighted by atomic mass is 16.4. The monoisotopic (exact) mass is 357 g/mol. The number of amides is 1. The Kier molecular flexibility index (Phi) is 7.09. The summed E-state index contributed by atoms with van der Waals surface area (Å²) in [5.74, 6) is -0.858. The van der Waals surface area contributed by atoms with Crippen LogP contribution in [0.3, 0.4) is 0 Å². The van der Waals surface area contributed by atoms with Gasteiger partial charge in [-0.25, -0.2) is 0 Å². The molecule has 0 aliphatic rings. The van der Waals surface area contributed by atoms with Crippen LogP contribution in [0.15, 0.2) is 36.4 Å². The zero-order chi connectivity index (χ0) is 19.1. The molecular weight excluding hydrogens is 330 g/mol. The van der Waals surface area contributed by atoms with Crippen LogP contribution in [0.5, 0.6) is 0 Å². The molecule has 2 atom stereocenters. The molecule has 0 aliphatic heterocycles. The number of hydrogen-bond donors (Lipinski definition) is 3. The first-order valence-corrected chi connectivity index (χ1v) is 8.95. The number of hydrogen-bond acceptors (Lipinski definition) is 4. The Bertz CT molecular complexity index is 761. The second-order valence-corrected chi connectivity index (χ2v) is 7.14. The van der Waals surface area contributed by atoms with Crippen molar-refractivity contribution in [1.29, 1.82) is 0 Å². The van der Waals surface area contributed by atoms with Crippen molar-refractivity contribution in [2.75, 3.05) is 6.54 Å². The maximum atomic E-state index is 12.3. The summed E-state index contributed by atoms with van der Waals surface area (Å²) < 4.78 is 0. The lowest BCUT2D eigenvalue weighted by molar-refractivity contribution is -0.138. The van der Waals surface area contributed by atoms with Gasteiger partial charge in [-0.05, 0) is 30.4 Å². The van der Waals surface area contributed by atoms with Crippen molar-refractivity contribution in [3.8, 4) is 0 Å². The number of aliphatic carboxylic acids is 1. The van der Waals surface area contributed by atoms with E-state index < -0.39 is 12.0 Å². The molecule has 0 radical (unpaired) electrons. The predicted octanol–water partition coefficient (Wildman–Crippen LogP) is 2.36. The number of carboxylic acids is 1. The van der Waals surface area contributed by atoms with E-state index >= 15 is 0 Å². The van der Waals surface area contributed by atoms with E-state index in [4.69, 9.17) is 10.8 Å². The first kappa shape index (κ1) is 19.8. The summed E-state index contributed by atoms with van der Waals surface area (Å²) in [6.07, 6.45) is 1.12. The summed E-state index contributed by atoms with van der Waals surface area (Å²) in [7, 11) is 0. The van der Waals surface area contributed by atoms with Crippen molar-refractivity contribution in [2.24, 2.45) is 17.6 Å². The lowest BCUT2D eigenvalue weighted by Gasteiger charge is -2.19. The molecular formula is C20H27N3O3. The Balaban J connectivity index is 1.91. The molecule has 0 aliphatic carbocycles.